The summed E-state index contributed by atoms with van der Waals surface area (Å²) in [5, 5.41) is 11.9. The lowest BCUT2D eigenvalue weighted by molar-refractivity contribution is -0.113. The van der Waals surface area contributed by atoms with Gasteiger partial charge in [0.1, 0.15) is 0 Å². The second kappa shape index (κ2) is 5.83. The number of carbonyl (C=O) groups is 1. The summed E-state index contributed by atoms with van der Waals surface area (Å²) < 4.78 is 0.968. The van der Waals surface area contributed by atoms with Crippen LogP contribution in [-0.2, 0) is 4.79 Å². The summed E-state index contributed by atoms with van der Waals surface area (Å²) >= 11 is 3.34. The monoisotopic (exact) mass is 304 g/mol. The lowest BCUT2D eigenvalue weighted by Gasteiger charge is -2.15. The van der Waals surface area contributed by atoms with Crippen molar-refractivity contribution in [2.24, 2.45) is 0 Å². The highest BCUT2D eigenvalue weighted by Gasteiger charge is 2.18. The minimum atomic E-state index is -0.145. The van der Waals surface area contributed by atoms with E-state index in [1.54, 1.807) is 0 Å². The Morgan fingerprint density at radius 2 is 1.89 bits per heavy atom. The minimum Gasteiger partial charge on any atom is -0.322 e. The highest BCUT2D eigenvalue weighted by Crippen LogP contribution is 2.25. The molecule has 0 bridgehead atoms. The number of hydrogen-bond acceptors (Lipinski definition) is 2. The van der Waals surface area contributed by atoms with Gasteiger partial charge in [-0.3, -0.25) is 4.79 Å². The number of nitrogens with zero attached hydrogens (tertiary/aromatic N) is 1. The van der Waals surface area contributed by atoms with E-state index in [9.17, 15) is 4.79 Å². The van der Waals surface area contributed by atoms with Crippen molar-refractivity contribution >= 4 is 27.5 Å². The van der Waals surface area contributed by atoms with Crippen LogP contribution in [0.1, 0.15) is 25.7 Å². The molecule has 92 valence electrons. The molecule has 4 heteroatoms. The predicted molar refractivity (Wildman–Crippen MR) is 73.9 cm³/mol. The Bertz CT molecular complexity index is 526. The van der Waals surface area contributed by atoms with Gasteiger partial charge >= 0.3 is 0 Å². The summed E-state index contributed by atoms with van der Waals surface area (Å²) in [5.74, 6) is -0.145. The average Bonchev–Trinajstić information content (AvgIpc) is 2.41. The van der Waals surface area contributed by atoms with Crippen LogP contribution in [0.5, 0.6) is 0 Å². The second-order valence-electron chi connectivity index (χ2n) is 4.24. The van der Waals surface area contributed by atoms with E-state index in [0.29, 0.717) is 17.6 Å². The molecule has 0 saturated carbocycles. The largest absolute Gasteiger partial charge is 0.322 e. The topological polar surface area (TPSA) is 52.9 Å². The zero-order chi connectivity index (χ0) is 13.0. The van der Waals surface area contributed by atoms with E-state index in [4.69, 9.17) is 5.26 Å². The number of amides is 1. The molecule has 0 atom stereocenters. The first-order valence-corrected chi connectivity index (χ1v) is 6.69. The Labute approximate surface area is 115 Å². The molecular formula is C14H13BrN2O. The second-order valence-corrected chi connectivity index (χ2v) is 5.15. The van der Waals surface area contributed by atoms with Gasteiger partial charge in [0.25, 0.3) is 5.91 Å². The van der Waals surface area contributed by atoms with Gasteiger partial charge in [-0.25, -0.2) is 0 Å². The fourth-order valence-electron chi connectivity index (χ4n) is 2.02. The van der Waals surface area contributed by atoms with E-state index in [-0.39, 0.29) is 5.91 Å². The van der Waals surface area contributed by atoms with Gasteiger partial charge in [-0.15, -0.1) is 0 Å². The Morgan fingerprint density at radius 1 is 1.22 bits per heavy atom. The van der Waals surface area contributed by atoms with Gasteiger partial charge in [0, 0.05) is 21.3 Å². The Balaban J connectivity index is 2.15. The Kier molecular flexibility index (Phi) is 4.16. The van der Waals surface area contributed by atoms with E-state index in [2.05, 4.69) is 27.3 Å². The van der Waals surface area contributed by atoms with Crippen LogP contribution >= 0.6 is 15.9 Å². The van der Waals surface area contributed by atoms with Crippen LogP contribution in [0.4, 0.5) is 5.69 Å². The van der Waals surface area contributed by atoms with Crippen molar-refractivity contribution in [2.75, 3.05) is 5.32 Å². The number of anilines is 1. The first kappa shape index (κ1) is 12.8. The number of benzene rings is 1. The molecule has 0 saturated heterocycles. The van der Waals surface area contributed by atoms with Crippen molar-refractivity contribution in [1.82, 2.24) is 0 Å². The Hall–Kier alpha value is -1.60. The number of nitriles is 1. The van der Waals surface area contributed by atoms with Crippen LogP contribution < -0.4 is 5.32 Å². The van der Waals surface area contributed by atoms with E-state index in [0.717, 1.165) is 29.4 Å². The molecule has 0 unspecified atom stereocenters. The first-order valence-electron chi connectivity index (χ1n) is 5.90. The SMILES string of the molecule is N#CC1=C(C(=O)Nc2ccc(Br)cc2)CCCC1. The summed E-state index contributed by atoms with van der Waals surface area (Å²) in [4.78, 5) is 12.1. The summed E-state index contributed by atoms with van der Waals surface area (Å²) in [5.41, 5.74) is 2.03. The van der Waals surface area contributed by atoms with Crippen molar-refractivity contribution in [3.05, 3.63) is 39.9 Å². The average molecular weight is 305 g/mol. The molecule has 0 aromatic heterocycles. The molecule has 0 aliphatic heterocycles. The molecule has 18 heavy (non-hydrogen) atoms. The zero-order valence-corrected chi connectivity index (χ0v) is 11.5. The third-order valence-electron chi connectivity index (χ3n) is 2.98. The lowest BCUT2D eigenvalue weighted by atomic mass is 9.92. The molecule has 0 radical (unpaired) electrons. The quantitative estimate of drug-likeness (QED) is 0.904. The molecule has 1 aromatic carbocycles. The van der Waals surface area contributed by atoms with Gasteiger partial charge < -0.3 is 5.32 Å². The van der Waals surface area contributed by atoms with Gasteiger partial charge in [-0.05, 0) is 49.9 Å². The summed E-state index contributed by atoms with van der Waals surface area (Å²) in [6.07, 6.45) is 3.40. The first-order chi connectivity index (χ1) is 8.70. The van der Waals surface area contributed by atoms with E-state index < -0.39 is 0 Å². The molecule has 0 spiro atoms. The molecule has 0 fully saturated rings. The number of nitrogens with one attached hydrogen (secondary N) is 1. The van der Waals surface area contributed by atoms with E-state index in [1.807, 2.05) is 24.3 Å². The summed E-state index contributed by atoms with van der Waals surface area (Å²) in [6.45, 7) is 0. The van der Waals surface area contributed by atoms with Crippen LogP contribution in [0.3, 0.4) is 0 Å². The molecule has 2 rings (SSSR count). The number of halogens is 1. The van der Waals surface area contributed by atoms with Gasteiger partial charge in [-0.1, -0.05) is 15.9 Å². The minimum absolute atomic E-state index is 0.145. The van der Waals surface area contributed by atoms with Gasteiger partial charge in [-0.2, -0.15) is 5.26 Å². The maximum Gasteiger partial charge on any atom is 0.252 e. The normalized spacial score (nSPS) is 15.1. The van der Waals surface area contributed by atoms with Crippen molar-refractivity contribution in [3.8, 4) is 6.07 Å². The van der Waals surface area contributed by atoms with Crippen LogP contribution in [0.2, 0.25) is 0 Å². The zero-order valence-electron chi connectivity index (χ0n) is 9.87. The number of rotatable bonds is 2. The lowest BCUT2D eigenvalue weighted by Crippen LogP contribution is -2.18. The maximum absolute atomic E-state index is 12.1. The number of hydrogen-bond donors (Lipinski definition) is 1. The molecule has 0 heterocycles. The van der Waals surface area contributed by atoms with Crippen LogP contribution in [-0.4, -0.2) is 5.91 Å². The van der Waals surface area contributed by atoms with Gasteiger partial charge in [0.2, 0.25) is 0 Å². The Morgan fingerprint density at radius 3 is 2.56 bits per heavy atom. The molecule has 1 aliphatic rings. The van der Waals surface area contributed by atoms with Crippen molar-refractivity contribution < 1.29 is 4.79 Å². The van der Waals surface area contributed by atoms with Gasteiger partial charge in [0.15, 0.2) is 0 Å². The fraction of sp³-hybridized carbons (Fsp3) is 0.286. The van der Waals surface area contributed by atoms with Crippen LogP contribution in [0, 0.1) is 11.3 Å². The molecule has 1 aliphatic carbocycles. The summed E-state index contributed by atoms with van der Waals surface area (Å²) in [6, 6.07) is 9.54. The number of allylic oxidation sites excluding steroid dienone is 1. The third kappa shape index (κ3) is 2.99. The molecular weight excluding hydrogens is 292 g/mol. The number of carbonyl (C=O) groups excluding carboxylic acids is 1. The molecule has 1 amide bonds. The third-order valence-corrected chi connectivity index (χ3v) is 3.51. The smallest absolute Gasteiger partial charge is 0.252 e. The highest BCUT2D eigenvalue weighted by atomic mass is 79.9. The molecule has 3 nitrogen and oxygen atoms in total. The predicted octanol–water partition coefficient (Wildman–Crippen LogP) is 3.78. The van der Waals surface area contributed by atoms with Crippen LogP contribution in [0.25, 0.3) is 0 Å². The van der Waals surface area contributed by atoms with Crippen molar-refractivity contribution in [2.45, 2.75) is 25.7 Å². The summed E-state index contributed by atoms with van der Waals surface area (Å²) in [7, 11) is 0. The van der Waals surface area contributed by atoms with Crippen molar-refractivity contribution in [1.29, 1.82) is 5.26 Å². The fourth-order valence-corrected chi connectivity index (χ4v) is 2.28. The standard InChI is InChI=1S/C14H13BrN2O/c15-11-5-7-12(8-6-11)17-14(18)13-4-2-1-3-10(13)9-16/h5-8H,1-4H2,(H,17,18). The van der Waals surface area contributed by atoms with Crippen LogP contribution in [0.15, 0.2) is 39.9 Å². The van der Waals surface area contributed by atoms with Crippen molar-refractivity contribution in [3.63, 3.8) is 0 Å². The van der Waals surface area contributed by atoms with E-state index in [1.165, 1.54) is 0 Å². The van der Waals surface area contributed by atoms with Gasteiger partial charge in [0.05, 0.1) is 6.07 Å². The maximum atomic E-state index is 12.1. The molecule has 1 aromatic rings. The van der Waals surface area contributed by atoms with E-state index >= 15 is 0 Å². The highest BCUT2D eigenvalue weighted by molar-refractivity contribution is 9.10. The molecule has 1 N–H and O–H groups in total.